The Balaban J connectivity index is 1.92. The van der Waals surface area contributed by atoms with E-state index in [1.54, 1.807) is 7.11 Å². The van der Waals surface area contributed by atoms with Crippen LogP contribution in [0.4, 0.5) is 0 Å². The van der Waals surface area contributed by atoms with Crippen LogP contribution in [-0.4, -0.2) is 62.8 Å². The lowest BCUT2D eigenvalue weighted by Crippen LogP contribution is -2.57. The van der Waals surface area contributed by atoms with E-state index in [1.807, 2.05) is 0 Å². The highest BCUT2D eigenvalue weighted by atomic mass is 16.5. The number of rotatable bonds is 4. The number of carbonyl (C=O) groups excluding carboxylic acids is 1. The summed E-state index contributed by atoms with van der Waals surface area (Å²) in [5, 5.41) is 6.53. The zero-order valence-electron chi connectivity index (χ0n) is 13.1. The van der Waals surface area contributed by atoms with Crippen LogP contribution in [0.1, 0.15) is 38.5 Å². The van der Waals surface area contributed by atoms with E-state index in [2.05, 4.69) is 29.6 Å². The molecule has 1 aliphatic carbocycles. The largest absolute Gasteiger partial charge is 0.368 e. The normalized spacial score (nSPS) is 30.2. The molecule has 0 aromatic rings. The molecule has 5 nitrogen and oxygen atoms in total. The monoisotopic (exact) mass is 283 g/mol. The minimum Gasteiger partial charge on any atom is -0.368 e. The highest BCUT2D eigenvalue weighted by Gasteiger charge is 2.40. The maximum Gasteiger partial charge on any atom is 0.252 e. The van der Waals surface area contributed by atoms with Gasteiger partial charge in [0.25, 0.3) is 5.91 Å². The van der Waals surface area contributed by atoms with Crippen LogP contribution < -0.4 is 10.6 Å². The summed E-state index contributed by atoms with van der Waals surface area (Å²) in [4.78, 5) is 14.9. The highest BCUT2D eigenvalue weighted by Crippen LogP contribution is 2.26. The van der Waals surface area contributed by atoms with Gasteiger partial charge in [0, 0.05) is 19.2 Å². The third-order valence-electron chi connectivity index (χ3n) is 4.93. The summed E-state index contributed by atoms with van der Waals surface area (Å²) < 4.78 is 5.59. The molecular weight excluding hydrogens is 254 g/mol. The molecule has 0 bridgehead atoms. The van der Waals surface area contributed by atoms with Gasteiger partial charge in [0.1, 0.15) is 5.60 Å². The number of piperidine rings is 1. The number of hydrogen-bond acceptors (Lipinski definition) is 4. The summed E-state index contributed by atoms with van der Waals surface area (Å²) in [6.45, 7) is 1.71. The maximum atomic E-state index is 12.6. The Labute approximate surface area is 122 Å². The molecule has 1 amide bonds. The Morgan fingerprint density at radius 3 is 2.60 bits per heavy atom. The summed E-state index contributed by atoms with van der Waals surface area (Å²) in [6.07, 6.45) is 6.09. The number of methoxy groups -OCH3 is 1. The topological polar surface area (TPSA) is 53.6 Å². The van der Waals surface area contributed by atoms with E-state index in [9.17, 15) is 4.79 Å². The third-order valence-corrected chi connectivity index (χ3v) is 4.93. The second-order valence-corrected chi connectivity index (χ2v) is 6.40. The Morgan fingerprint density at radius 1 is 1.30 bits per heavy atom. The fourth-order valence-electron chi connectivity index (χ4n) is 3.44. The van der Waals surface area contributed by atoms with Crippen molar-refractivity contribution in [2.24, 2.45) is 0 Å². The van der Waals surface area contributed by atoms with Crippen molar-refractivity contribution in [1.82, 2.24) is 15.5 Å². The second-order valence-electron chi connectivity index (χ2n) is 6.40. The molecule has 1 saturated carbocycles. The summed E-state index contributed by atoms with van der Waals surface area (Å²) in [7, 11) is 5.91. The summed E-state index contributed by atoms with van der Waals surface area (Å²) in [6, 6.07) is 0.881. The standard InChI is InChI=1S/C15H29N3O2/c1-18(2)13-6-4-5-12(11-13)17-14(19)15(20-3)7-9-16-10-8-15/h12-13,16H,4-11H2,1-3H3,(H,17,19). The van der Waals surface area contributed by atoms with E-state index in [0.29, 0.717) is 12.1 Å². The summed E-state index contributed by atoms with van der Waals surface area (Å²) in [5.41, 5.74) is -0.615. The first-order valence-corrected chi connectivity index (χ1v) is 7.81. The van der Waals surface area contributed by atoms with Crippen molar-refractivity contribution in [1.29, 1.82) is 0 Å². The van der Waals surface area contributed by atoms with E-state index in [1.165, 1.54) is 12.8 Å². The SMILES string of the molecule is COC1(C(=O)NC2CCCC(N(C)C)C2)CCNCC1. The molecule has 2 unspecified atom stereocenters. The lowest BCUT2D eigenvalue weighted by Gasteiger charge is -2.38. The molecule has 5 heteroatoms. The maximum absolute atomic E-state index is 12.6. The quantitative estimate of drug-likeness (QED) is 0.799. The Bertz CT molecular complexity index is 327. The zero-order chi connectivity index (χ0) is 14.6. The first-order chi connectivity index (χ1) is 9.57. The number of amides is 1. The van der Waals surface area contributed by atoms with Gasteiger partial charge in [-0.15, -0.1) is 0 Å². The molecule has 2 atom stereocenters. The van der Waals surface area contributed by atoms with Crippen molar-refractivity contribution in [3.05, 3.63) is 0 Å². The highest BCUT2D eigenvalue weighted by molar-refractivity contribution is 5.85. The van der Waals surface area contributed by atoms with Gasteiger partial charge in [-0.2, -0.15) is 0 Å². The van der Waals surface area contributed by atoms with Crippen LogP contribution in [-0.2, 0) is 9.53 Å². The van der Waals surface area contributed by atoms with Gasteiger partial charge in [-0.25, -0.2) is 0 Å². The van der Waals surface area contributed by atoms with E-state index in [4.69, 9.17) is 4.74 Å². The van der Waals surface area contributed by atoms with Gasteiger partial charge in [0.05, 0.1) is 0 Å². The molecule has 2 rings (SSSR count). The lowest BCUT2D eigenvalue weighted by molar-refractivity contribution is -0.147. The summed E-state index contributed by atoms with van der Waals surface area (Å²) >= 11 is 0. The molecule has 116 valence electrons. The zero-order valence-corrected chi connectivity index (χ0v) is 13.1. The van der Waals surface area contributed by atoms with Gasteiger partial charge >= 0.3 is 0 Å². The van der Waals surface area contributed by atoms with Gasteiger partial charge in [-0.05, 0) is 65.7 Å². The van der Waals surface area contributed by atoms with Crippen LogP contribution in [0.15, 0.2) is 0 Å². The molecule has 2 N–H and O–H groups in total. The smallest absolute Gasteiger partial charge is 0.252 e. The van der Waals surface area contributed by atoms with Crippen molar-refractivity contribution >= 4 is 5.91 Å². The van der Waals surface area contributed by atoms with Crippen molar-refractivity contribution in [3.8, 4) is 0 Å². The van der Waals surface area contributed by atoms with Crippen LogP contribution in [0.3, 0.4) is 0 Å². The average Bonchev–Trinajstić information content (AvgIpc) is 2.48. The van der Waals surface area contributed by atoms with Crippen molar-refractivity contribution in [2.75, 3.05) is 34.3 Å². The molecule has 0 aromatic carbocycles. The third kappa shape index (κ3) is 3.51. The van der Waals surface area contributed by atoms with Gasteiger partial charge in [0.2, 0.25) is 0 Å². The van der Waals surface area contributed by atoms with Crippen LogP contribution in [0.25, 0.3) is 0 Å². The minimum atomic E-state index is -0.615. The van der Waals surface area contributed by atoms with Crippen molar-refractivity contribution < 1.29 is 9.53 Å². The van der Waals surface area contributed by atoms with Crippen LogP contribution in [0.2, 0.25) is 0 Å². The molecular formula is C15H29N3O2. The van der Waals surface area contributed by atoms with Crippen molar-refractivity contribution in [3.63, 3.8) is 0 Å². The summed E-state index contributed by atoms with van der Waals surface area (Å²) in [5.74, 6) is 0.0888. The van der Waals surface area contributed by atoms with E-state index >= 15 is 0 Å². The number of nitrogens with zero attached hydrogens (tertiary/aromatic N) is 1. The molecule has 0 aromatic heterocycles. The van der Waals surface area contributed by atoms with E-state index < -0.39 is 5.60 Å². The average molecular weight is 283 g/mol. The number of ether oxygens (including phenoxy) is 1. The van der Waals surface area contributed by atoms with Crippen LogP contribution >= 0.6 is 0 Å². The molecule has 2 fully saturated rings. The molecule has 2 aliphatic rings. The number of hydrogen-bond donors (Lipinski definition) is 2. The first kappa shape index (κ1) is 15.7. The van der Waals surface area contributed by atoms with Gasteiger partial charge in [-0.3, -0.25) is 4.79 Å². The van der Waals surface area contributed by atoms with E-state index in [-0.39, 0.29) is 5.91 Å². The molecule has 1 heterocycles. The fourth-order valence-corrected chi connectivity index (χ4v) is 3.44. The number of carbonyl (C=O) groups is 1. The van der Waals surface area contributed by atoms with Gasteiger partial charge < -0.3 is 20.3 Å². The van der Waals surface area contributed by atoms with Gasteiger partial charge in [0.15, 0.2) is 0 Å². The molecule has 0 radical (unpaired) electrons. The predicted octanol–water partition coefficient (Wildman–Crippen LogP) is 0.744. The molecule has 0 spiro atoms. The molecule has 1 saturated heterocycles. The Hall–Kier alpha value is -0.650. The van der Waals surface area contributed by atoms with Crippen LogP contribution in [0, 0.1) is 0 Å². The van der Waals surface area contributed by atoms with Crippen molar-refractivity contribution in [2.45, 2.75) is 56.2 Å². The number of nitrogens with one attached hydrogen (secondary N) is 2. The predicted molar refractivity (Wildman–Crippen MR) is 79.7 cm³/mol. The Morgan fingerprint density at radius 2 is 2.00 bits per heavy atom. The minimum absolute atomic E-state index is 0.0888. The fraction of sp³-hybridized carbons (Fsp3) is 0.933. The molecule has 20 heavy (non-hydrogen) atoms. The van der Waals surface area contributed by atoms with Crippen LogP contribution in [0.5, 0.6) is 0 Å². The molecule has 1 aliphatic heterocycles. The van der Waals surface area contributed by atoms with Gasteiger partial charge in [-0.1, -0.05) is 0 Å². The second kappa shape index (κ2) is 6.87. The lowest BCUT2D eigenvalue weighted by atomic mass is 9.87. The Kier molecular flexibility index (Phi) is 5.41. The first-order valence-electron chi connectivity index (χ1n) is 7.81. The van der Waals surface area contributed by atoms with E-state index in [0.717, 1.165) is 38.8 Å².